The molecule has 0 aromatic heterocycles. The van der Waals surface area contributed by atoms with Crippen LogP contribution in [0.2, 0.25) is 0 Å². The lowest BCUT2D eigenvalue weighted by Crippen LogP contribution is -2.34. The fourth-order valence-electron chi connectivity index (χ4n) is 4.14. The molecule has 0 unspecified atom stereocenters. The van der Waals surface area contributed by atoms with Gasteiger partial charge in [0.2, 0.25) is 5.91 Å². The van der Waals surface area contributed by atoms with Crippen molar-refractivity contribution in [1.29, 1.82) is 0 Å². The molecule has 170 valence electrons. The molecular formula is C24H29N3O5. The number of anilines is 1. The standard InChI is InChI=1S/C24H29N3O5/c1-2-6-21(25-23(28)15-17-7-9-18(10-8-17)24(29)30)20-12-11-19(27(31)32)16-22(20)26-13-4-3-5-14-26/h7-12,16,21H,2-6,13-15H2,1H3,(H,25,28)(H,29,30)/t21-/m0/s1. The number of nitro benzene ring substituents is 1. The van der Waals surface area contributed by atoms with E-state index >= 15 is 0 Å². The molecule has 1 saturated heterocycles. The van der Waals surface area contributed by atoms with Crippen molar-refractivity contribution < 1.29 is 19.6 Å². The first-order chi connectivity index (χ1) is 15.4. The Balaban J connectivity index is 1.82. The molecule has 1 aliphatic rings. The molecule has 0 radical (unpaired) electrons. The zero-order valence-electron chi connectivity index (χ0n) is 18.3. The lowest BCUT2D eigenvalue weighted by Gasteiger charge is -2.32. The molecule has 0 aliphatic carbocycles. The Labute approximate surface area is 187 Å². The summed E-state index contributed by atoms with van der Waals surface area (Å²) >= 11 is 0. The van der Waals surface area contributed by atoms with Gasteiger partial charge in [-0.1, -0.05) is 25.5 Å². The van der Waals surface area contributed by atoms with Crippen molar-refractivity contribution in [2.24, 2.45) is 0 Å². The van der Waals surface area contributed by atoms with Crippen molar-refractivity contribution in [3.8, 4) is 0 Å². The number of nitro groups is 1. The number of benzene rings is 2. The number of hydrogen-bond acceptors (Lipinski definition) is 5. The maximum Gasteiger partial charge on any atom is 0.335 e. The quantitative estimate of drug-likeness (QED) is 0.440. The van der Waals surface area contributed by atoms with E-state index in [-0.39, 0.29) is 34.5 Å². The molecule has 2 N–H and O–H groups in total. The third-order valence-electron chi connectivity index (χ3n) is 5.78. The van der Waals surface area contributed by atoms with Gasteiger partial charge in [-0.15, -0.1) is 0 Å². The second-order valence-corrected chi connectivity index (χ2v) is 8.14. The highest BCUT2D eigenvalue weighted by atomic mass is 16.6. The number of nitrogens with zero attached hydrogens (tertiary/aromatic N) is 2. The fourth-order valence-corrected chi connectivity index (χ4v) is 4.14. The molecule has 1 heterocycles. The van der Waals surface area contributed by atoms with Crippen molar-refractivity contribution in [3.05, 3.63) is 69.3 Å². The molecule has 1 amide bonds. The maximum atomic E-state index is 12.8. The van der Waals surface area contributed by atoms with Crippen molar-refractivity contribution in [3.63, 3.8) is 0 Å². The van der Waals surface area contributed by atoms with Crippen LogP contribution in [-0.2, 0) is 11.2 Å². The van der Waals surface area contributed by atoms with E-state index in [0.717, 1.165) is 55.6 Å². The van der Waals surface area contributed by atoms with Crippen molar-refractivity contribution in [2.75, 3.05) is 18.0 Å². The van der Waals surface area contributed by atoms with Gasteiger partial charge in [-0.05, 0) is 55.0 Å². The molecule has 3 rings (SSSR count). The molecule has 8 heteroatoms. The van der Waals surface area contributed by atoms with Gasteiger partial charge in [0.1, 0.15) is 0 Å². The van der Waals surface area contributed by atoms with Crippen LogP contribution in [0.5, 0.6) is 0 Å². The minimum atomic E-state index is -1.01. The second kappa shape index (κ2) is 10.7. The maximum absolute atomic E-state index is 12.8. The number of rotatable bonds is 9. The van der Waals surface area contributed by atoms with E-state index in [9.17, 15) is 19.7 Å². The summed E-state index contributed by atoms with van der Waals surface area (Å²) in [5.74, 6) is -1.18. The summed E-state index contributed by atoms with van der Waals surface area (Å²) in [6.07, 6.45) is 4.91. The largest absolute Gasteiger partial charge is 0.478 e. The normalized spacial score (nSPS) is 14.6. The van der Waals surface area contributed by atoms with Gasteiger partial charge in [-0.3, -0.25) is 14.9 Å². The van der Waals surface area contributed by atoms with Crippen LogP contribution >= 0.6 is 0 Å². The van der Waals surface area contributed by atoms with Gasteiger partial charge in [0.05, 0.1) is 22.9 Å². The number of carbonyl (C=O) groups is 2. The minimum Gasteiger partial charge on any atom is -0.478 e. The highest BCUT2D eigenvalue weighted by Crippen LogP contribution is 2.34. The molecule has 2 aromatic carbocycles. The number of non-ortho nitro benzene ring substituents is 1. The Morgan fingerprint density at radius 1 is 1.12 bits per heavy atom. The number of piperidine rings is 1. The average molecular weight is 440 g/mol. The number of nitrogens with one attached hydrogen (secondary N) is 1. The van der Waals surface area contributed by atoms with Crippen molar-refractivity contribution in [1.82, 2.24) is 5.32 Å². The smallest absolute Gasteiger partial charge is 0.335 e. The third kappa shape index (κ3) is 5.84. The molecule has 2 aromatic rings. The molecule has 8 nitrogen and oxygen atoms in total. The highest BCUT2D eigenvalue weighted by molar-refractivity contribution is 5.87. The van der Waals surface area contributed by atoms with E-state index in [4.69, 9.17) is 5.11 Å². The summed E-state index contributed by atoms with van der Waals surface area (Å²) in [6.45, 7) is 3.73. The first-order valence-corrected chi connectivity index (χ1v) is 11.0. The number of carbonyl (C=O) groups excluding carboxylic acids is 1. The SMILES string of the molecule is CCC[C@H](NC(=O)Cc1ccc(C(=O)O)cc1)c1ccc([N+](=O)[O-])cc1N1CCCCC1. The fraction of sp³-hybridized carbons (Fsp3) is 0.417. The van der Waals surface area contributed by atoms with Gasteiger partial charge in [0.25, 0.3) is 5.69 Å². The van der Waals surface area contributed by atoms with Crippen LogP contribution in [0.1, 0.15) is 66.6 Å². The van der Waals surface area contributed by atoms with Gasteiger partial charge >= 0.3 is 5.97 Å². The van der Waals surface area contributed by atoms with Crippen LogP contribution in [0, 0.1) is 10.1 Å². The first-order valence-electron chi connectivity index (χ1n) is 11.0. The molecule has 0 bridgehead atoms. The molecule has 0 spiro atoms. The Morgan fingerprint density at radius 2 is 1.81 bits per heavy atom. The summed E-state index contributed by atoms with van der Waals surface area (Å²) in [6, 6.07) is 10.9. The molecule has 0 saturated carbocycles. The average Bonchev–Trinajstić information content (AvgIpc) is 2.79. The number of aromatic carboxylic acids is 1. The van der Waals surface area contributed by atoms with E-state index in [1.54, 1.807) is 24.3 Å². The Bertz CT molecular complexity index is 968. The zero-order valence-corrected chi connectivity index (χ0v) is 18.3. The van der Waals surface area contributed by atoms with Gasteiger partial charge in [0, 0.05) is 30.9 Å². The predicted octanol–water partition coefficient (Wildman–Crippen LogP) is 4.48. The highest BCUT2D eigenvalue weighted by Gasteiger charge is 2.24. The van der Waals surface area contributed by atoms with E-state index in [0.29, 0.717) is 6.42 Å². The van der Waals surface area contributed by atoms with Crippen LogP contribution in [0.25, 0.3) is 0 Å². The Morgan fingerprint density at radius 3 is 2.41 bits per heavy atom. The van der Waals surface area contributed by atoms with Crippen LogP contribution in [0.3, 0.4) is 0 Å². The summed E-state index contributed by atoms with van der Waals surface area (Å²) in [5.41, 5.74) is 2.67. The molecule has 1 atom stereocenters. The first kappa shape index (κ1) is 23.2. The van der Waals surface area contributed by atoms with E-state index in [1.807, 2.05) is 6.92 Å². The monoisotopic (exact) mass is 439 g/mol. The third-order valence-corrected chi connectivity index (χ3v) is 5.78. The lowest BCUT2D eigenvalue weighted by molar-refractivity contribution is -0.384. The number of hydrogen-bond donors (Lipinski definition) is 2. The second-order valence-electron chi connectivity index (χ2n) is 8.14. The Kier molecular flexibility index (Phi) is 7.81. The number of amides is 1. The van der Waals surface area contributed by atoms with Gasteiger partial charge in [-0.25, -0.2) is 4.79 Å². The van der Waals surface area contributed by atoms with Crippen LogP contribution in [0.15, 0.2) is 42.5 Å². The Hall–Kier alpha value is -3.42. The summed E-state index contributed by atoms with van der Waals surface area (Å²) in [5, 5.41) is 23.5. The van der Waals surface area contributed by atoms with E-state index < -0.39 is 5.97 Å². The van der Waals surface area contributed by atoms with Gasteiger partial charge in [0.15, 0.2) is 0 Å². The molecule has 32 heavy (non-hydrogen) atoms. The summed E-state index contributed by atoms with van der Waals surface area (Å²) < 4.78 is 0. The van der Waals surface area contributed by atoms with Crippen LogP contribution in [0.4, 0.5) is 11.4 Å². The van der Waals surface area contributed by atoms with Crippen LogP contribution in [-0.4, -0.2) is 35.0 Å². The number of carboxylic acid groups (broad SMARTS) is 1. The molecule has 1 fully saturated rings. The lowest BCUT2D eigenvalue weighted by atomic mass is 9.97. The van der Waals surface area contributed by atoms with Crippen molar-refractivity contribution >= 4 is 23.3 Å². The summed E-state index contributed by atoms with van der Waals surface area (Å²) in [4.78, 5) is 37.0. The summed E-state index contributed by atoms with van der Waals surface area (Å²) in [7, 11) is 0. The zero-order chi connectivity index (χ0) is 23.1. The van der Waals surface area contributed by atoms with E-state index in [2.05, 4.69) is 10.2 Å². The van der Waals surface area contributed by atoms with Gasteiger partial charge in [-0.2, -0.15) is 0 Å². The predicted molar refractivity (Wildman–Crippen MR) is 122 cm³/mol. The molecular weight excluding hydrogens is 410 g/mol. The number of carboxylic acids is 1. The van der Waals surface area contributed by atoms with Gasteiger partial charge < -0.3 is 15.3 Å². The topological polar surface area (TPSA) is 113 Å². The minimum absolute atomic E-state index is 0.0504. The van der Waals surface area contributed by atoms with Crippen LogP contribution < -0.4 is 10.2 Å². The van der Waals surface area contributed by atoms with Crippen molar-refractivity contribution in [2.45, 2.75) is 51.5 Å². The molecule has 1 aliphatic heterocycles. The van der Waals surface area contributed by atoms with E-state index in [1.165, 1.54) is 18.2 Å².